The number of nitrogens with one attached hydrogen (secondary N) is 2. The van der Waals surface area contributed by atoms with E-state index < -0.39 is 0 Å². The van der Waals surface area contributed by atoms with Crippen LogP contribution in [-0.2, 0) is 24.4 Å². The molecule has 7 nitrogen and oxygen atoms in total. The number of rotatable bonds is 9. The number of aryl methyl sites for hydroxylation is 1. The fraction of sp³-hybridized carbons (Fsp3) is 0.385. The van der Waals surface area contributed by atoms with Crippen LogP contribution < -0.4 is 15.4 Å². The summed E-state index contributed by atoms with van der Waals surface area (Å²) in [5.74, 6) is 2.57. The molecule has 1 saturated heterocycles. The van der Waals surface area contributed by atoms with Crippen LogP contribution in [0.5, 0.6) is 5.75 Å². The standard InChI is InChI=1S/C26H33N5O2/c1-20-10-11-22(24(15-20)33-19-23-9-6-14-32-23)16-29-26(27-2)30-17-25-28-12-13-31(25)18-21-7-4-3-5-8-21/h3-5,7-8,10-13,15,23H,6,9,14,16-19H2,1-2H3,(H2,27,29,30). The predicted molar refractivity (Wildman–Crippen MR) is 130 cm³/mol. The number of nitrogens with zero attached hydrogens (tertiary/aromatic N) is 3. The van der Waals surface area contributed by atoms with E-state index in [0.29, 0.717) is 19.7 Å². The van der Waals surface area contributed by atoms with E-state index in [2.05, 4.69) is 74.6 Å². The summed E-state index contributed by atoms with van der Waals surface area (Å²) in [6.07, 6.45) is 6.21. The van der Waals surface area contributed by atoms with Gasteiger partial charge in [0.1, 0.15) is 18.2 Å². The van der Waals surface area contributed by atoms with E-state index in [1.165, 1.54) is 11.1 Å². The molecule has 0 spiro atoms. The smallest absolute Gasteiger partial charge is 0.191 e. The topological polar surface area (TPSA) is 72.7 Å². The summed E-state index contributed by atoms with van der Waals surface area (Å²) in [5, 5.41) is 6.77. The third-order valence-electron chi connectivity index (χ3n) is 5.75. The maximum atomic E-state index is 6.12. The summed E-state index contributed by atoms with van der Waals surface area (Å²) in [6.45, 7) is 5.48. The molecule has 1 unspecified atom stereocenters. The number of ether oxygens (including phenoxy) is 2. The van der Waals surface area contributed by atoms with Crippen LogP contribution in [0.25, 0.3) is 0 Å². The molecule has 1 fully saturated rings. The fourth-order valence-corrected chi connectivity index (χ4v) is 3.89. The molecule has 0 aliphatic carbocycles. The van der Waals surface area contributed by atoms with Crippen molar-refractivity contribution >= 4 is 5.96 Å². The Kier molecular flexibility index (Phi) is 7.98. The highest BCUT2D eigenvalue weighted by Gasteiger charge is 2.17. The van der Waals surface area contributed by atoms with Crippen molar-refractivity contribution in [3.05, 3.63) is 83.4 Å². The summed E-state index contributed by atoms with van der Waals surface area (Å²) in [7, 11) is 1.77. The van der Waals surface area contributed by atoms with Crippen LogP contribution in [0, 0.1) is 6.92 Å². The zero-order valence-corrected chi connectivity index (χ0v) is 19.5. The minimum Gasteiger partial charge on any atom is -0.491 e. The van der Waals surface area contributed by atoms with Crippen molar-refractivity contribution < 1.29 is 9.47 Å². The molecule has 0 bridgehead atoms. The van der Waals surface area contributed by atoms with E-state index in [-0.39, 0.29) is 6.10 Å². The summed E-state index contributed by atoms with van der Waals surface area (Å²) >= 11 is 0. The molecular formula is C26H33N5O2. The highest BCUT2D eigenvalue weighted by molar-refractivity contribution is 5.79. The number of benzene rings is 2. The van der Waals surface area contributed by atoms with E-state index in [9.17, 15) is 0 Å². The lowest BCUT2D eigenvalue weighted by atomic mass is 10.1. The molecule has 2 aromatic carbocycles. The summed E-state index contributed by atoms with van der Waals surface area (Å²) in [6, 6.07) is 16.7. The summed E-state index contributed by atoms with van der Waals surface area (Å²) in [4.78, 5) is 8.88. The minimum absolute atomic E-state index is 0.195. The van der Waals surface area contributed by atoms with E-state index in [0.717, 1.165) is 49.1 Å². The first-order chi connectivity index (χ1) is 16.2. The molecule has 0 saturated carbocycles. The van der Waals surface area contributed by atoms with Crippen LogP contribution in [0.4, 0.5) is 0 Å². The van der Waals surface area contributed by atoms with E-state index in [1.54, 1.807) is 7.05 Å². The zero-order chi connectivity index (χ0) is 22.9. The highest BCUT2D eigenvalue weighted by Crippen LogP contribution is 2.22. The molecule has 1 atom stereocenters. The van der Waals surface area contributed by atoms with Gasteiger partial charge in [0.2, 0.25) is 0 Å². The van der Waals surface area contributed by atoms with Crippen molar-refractivity contribution in [1.29, 1.82) is 0 Å². The van der Waals surface area contributed by atoms with Gasteiger partial charge in [-0.2, -0.15) is 0 Å². The molecule has 174 valence electrons. The third-order valence-corrected chi connectivity index (χ3v) is 5.75. The molecule has 3 aromatic rings. The van der Waals surface area contributed by atoms with Crippen molar-refractivity contribution in [1.82, 2.24) is 20.2 Å². The lowest BCUT2D eigenvalue weighted by molar-refractivity contribution is 0.0676. The monoisotopic (exact) mass is 447 g/mol. The Morgan fingerprint density at radius 3 is 2.82 bits per heavy atom. The Hall–Kier alpha value is -3.32. The van der Waals surface area contributed by atoms with Crippen LogP contribution in [0.1, 0.15) is 35.4 Å². The zero-order valence-electron chi connectivity index (χ0n) is 19.5. The molecule has 1 aromatic heterocycles. The van der Waals surface area contributed by atoms with E-state index >= 15 is 0 Å². The largest absolute Gasteiger partial charge is 0.491 e. The molecule has 7 heteroatoms. The number of hydrogen-bond acceptors (Lipinski definition) is 4. The first-order valence-electron chi connectivity index (χ1n) is 11.5. The van der Waals surface area contributed by atoms with Gasteiger partial charge in [-0.25, -0.2) is 4.98 Å². The number of imidazole rings is 1. The number of aliphatic imine (C=N–C) groups is 1. The van der Waals surface area contributed by atoms with Gasteiger partial charge in [0.15, 0.2) is 5.96 Å². The lowest BCUT2D eigenvalue weighted by Gasteiger charge is -2.17. The summed E-state index contributed by atoms with van der Waals surface area (Å²) in [5.41, 5.74) is 3.51. The maximum absolute atomic E-state index is 6.12. The van der Waals surface area contributed by atoms with Crippen molar-refractivity contribution in [2.75, 3.05) is 20.3 Å². The van der Waals surface area contributed by atoms with Gasteiger partial charge in [0.25, 0.3) is 0 Å². The molecule has 0 amide bonds. The second kappa shape index (κ2) is 11.5. The molecule has 4 rings (SSSR count). The van der Waals surface area contributed by atoms with Crippen LogP contribution in [0.2, 0.25) is 0 Å². The van der Waals surface area contributed by atoms with Gasteiger partial charge >= 0.3 is 0 Å². The Labute approximate surface area is 195 Å². The van der Waals surface area contributed by atoms with Gasteiger partial charge in [-0.1, -0.05) is 42.5 Å². The molecule has 2 N–H and O–H groups in total. The van der Waals surface area contributed by atoms with Crippen molar-refractivity contribution in [3.63, 3.8) is 0 Å². The molecule has 1 aliphatic rings. The highest BCUT2D eigenvalue weighted by atomic mass is 16.5. The molecule has 0 radical (unpaired) electrons. The predicted octanol–water partition coefficient (Wildman–Crippen LogP) is 3.66. The van der Waals surface area contributed by atoms with Gasteiger partial charge in [0, 0.05) is 44.7 Å². The third kappa shape index (κ3) is 6.58. The molecule has 2 heterocycles. The molecular weight excluding hydrogens is 414 g/mol. The van der Waals surface area contributed by atoms with Crippen molar-refractivity contribution in [2.45, 2.75) is 45.5 Å². The van der Waals surface area contributed by atoms with Gasteiger partial charge < -0.3 is 24.7 Å². The van der Waals surface area contributed by atoms with Crippen LogP contribution in [0.15, 0.2) is 65.9 Å². The van der Waals surface area contributed by atoms with Crippen LogP contribution in [0.3, 0.4) is 0 Å². The average Bonchev–Trinajstić information content (AvgIpc) is 3.52. The minimum atomic E-state index is 0.195. The maximum Gasteiger partial charge on any atom is 0.191 e. The first-order valence-corrected chi connectivity index (χ1v) is 11.5. The average molecular weight is 448 g/mol. The Morgan fingerprint density at radius 2 is 2.03 bits per heavy atom. The van der Waals surface area contributed by atoms with E-state index in [1.807, 2.05) is 18.5 Å². The Bertz CT molecular complexity index is 1040. The van der Waals surface area contributed by atoms with Gasteiger partial charge in [-0.15, -0.1) is 0 Å². The normalized spacial score (nSPS) is 16.1. The van der Waals surface area contributed by atoms with Gasteiger partial charge in [-0.05, 0) is 37.0 Å². The number of aromatic nitrogens is 2. The Morgan fingerprint density at radius 1 is 1.18 bits per heavy atom. The fourth-order valence-electron chi connectivity index (χ4n) is 3.89. The van der Waals surface area contributed by atoms with Gasteiger partial charge in [-0.3, -0.25) is 4.99 Å². The summed E-state index contributed by atoms with van der Waals surface area (Å²) < 4.78 is 14.0. The van der Waals surface area contributed by atoms with Crippen molar-refractivity contribution in [3.8, 4) is 5.75 Å². The Balaban J connectivity index is 1.32. The van der Waals surface area contributed by atoms with E-state index in [4.69, 9.17) is 9.47 Å². The second-order valence-corrected chi connectivity index (χ2v) is 8.29. The van der Waals surface area contributed by atoms with Crippen LogP contribution >= 0.6 is 0 Å². The lowest BCUT2D eigenvalue weighted by Crippen LogP contribution is -2.37. The SMILES string of the molecule is CN=C(NCc1ccc(C)cc1OCC1CCCO1)NCc1nccn1Cc1ccccc1. The number of guanidine groups is 1. The number of hydrogen-bond donors (Lipinski definition) is 2. The van der Waals surface area contributed by atoms with Crippen LogP contribution in [-0.4, -0.2) is 41.9 Å². The quantitative estimate of drug-likeness (QED) is 0.387. The first kappa shape index (κ1) is 22.9. The molecule has 33 heavy (non-hydrogen) atoms. The second-order valence-electron chi connectivity index (χ2n) is 8.29. The van der Waals surface area contributed by atoms with Crippen molar-refractivity contribution in [2.24, 2.45) is 4.99 Å². The van der Waals surface area contributed by atoms with Gasteiger partial charge in [0.05, 0.1) is 12.6 Å². The molecule has 1 aliphatic heterocycles.